The van der Waals surface area contributed by atoms with Crippen LogP contribution in [0.4, 0.5) is 0 Å². The molecule has 0 amide bonds. The molecule has 0 bridgehead atoms. The van der Waals surface area contributed by atoms with Crippen molar-refractivity contribution in [1.29, 1.82) is 0 Å². The van der Waals surface area contributed by atoms with Gasteiger partial charge in [-0.15, -0.1) is 0 Å². The van der Waals surface area contributed by atoms with Crippen molar-refractivity contribution in [2.75, 3.05) is 30.1 Å². The molecule has 3 nitrogen and oxygen atoms in total. The van der Waals surface area contributed by atoms with E-state index >= 15 is 0 Å². The summed E-state index contributed by atoms with van der Waals surface area (Å²) >= 11 is 1.85. The van der Waals surface area contributed by atoms with Gasteiger partial charge >= 0.3 is 0 Å². The Morgan fingerprint density at radius 2 is 2.12 bits per heavy atom. The maximum atomic E-state index is 11.5. The lowest BCUT2D eigenvalue weighted by Gasteiger charge is -2.24. The monoisotopic (exact) mass is 279 g/mol. The summed E-state index contributed by atoms with van der Waals surface area (Å²) in [6.45, 7) is 5.23. The molecule has 1 aliphatic rings. The minimum absolute atomic E-state index is 0.374. The average molecular weight is 279 g/mol. The zero-order chi connectivity index (χ0) is 12.9. The van der Waals surface area contributed by atoms with Gasteiger partial charge in [-0.2, -0.15) is 11.8 Å². The van der Waals surface area contributed by atoms with Crippen molar-refractivity contribution < 1.29 is 8.42 Å². The first-order valence-electron chi connectivity index (χ1n) is 6.37. The second kappa shape index (κ2) is 7.00. The Morgan fingerprint density at radius 1 is 1.41 bits per heavy atom. The fourth-order valence-electron chi connectivity index (χ4n) is 2.36. The number of rotatable bonds is 7. The standard InChI is InChI=1S/C12H25NO2S2/c1-10(2)13-8-11(4-6-16-3)12-5-7-17(14,15)9-12/h10-13H,4-9H2,1-3H3. The molecule has 0 radical (unpaired) electrons. The molecule has 2 unspecified atom stereocenters. The molecule has 0 aliphatic carbocycles. The maximum absolute atomic E-state index is 11.5. The Balaban J connectivity index is 2.50. The molecule has 0 spiro atoms. The van der Waals surface area contributed by atoms with Crippen LogP contribution in [0.2, 0.25) is 0 Å². The zero-order valence-corrected chi connectivity index (χ0v) is 12.7. The van der Waals surface area contributed by atoms with Crippen LogP contribution >= 0.6 is 11.8 Å². The smallest absolute Gasteiger partial charge is 0.150 e. The van der Waals surface area contributed by atoms with Crippen LogP contribution in [0.1, 0.15) is 26.7 Å². The maximum Gasteiger partial charge on any atom is 0.150 e. The van der Waals surface area contributed by atoms with E-state index in [1.54, 1.807) is 0 Å². The van der Waals surface area contributed by atoms with Gasteiger partial charge in [0.15, 0.2) is 9.84 Å². The Bertz CT molecular complexity index is 314. The average Bonchev–Trinajstić information content (AvgIpc) is 2.58. The van der Waals surface area contributed by atoms with E-state index in [1.165, 1.54) is 0 Å². The van der Waals surface area contributed by atoms with Gasteiger partial charge in [-0.1, -0.05) is 13.8 Å². The Labute approximate surface area is 110 Å². The van der Waals surface area contributed by atoms with Gasteiger partial charge in [0.2, 0.25) is 0 Å². The lowest BCUT2D eigenvalue weighted by atomic mass is 9.89. The molecule has 1 rings (SSSR count). The van der Waals surface area contributed by atoms with Gasteiger partial charge in [-0.3, -0.25) is 0 Å². The highest BCUT2D eigenvalue weighted by atomic mass is 32.2. The summed E-state index contributed by atoms with van der Waals surface area (Å²) < 4.78 is 23.1. The third-order valence-electron chi connectivity index (χ3n) is 3.42. The molecule has 1 N–H and O–H groups in total. The van der Waals surface area contributed by atoms with Crippen molar-refractivity contribution in [2.24, 2.45) is 11.8 Å². The zero-order valence-electron chi connectivity index (χ0n) is 11.1. The number of thioether (sulfide) groups is 1. The van der Waals surface area contributed by atoms with E-state index in [-0.39, 0.29) is 0 Å². The minimum atomic E-state index is -2.74. The van der Waals surface area contributed by atoms with E-state index in [2.05, 4.69) is 25.4 Å². The number of hydrogen-bond acceptors (Lipinski definition) is 4. The summed E-state index contributed by atoms with van der Waals surface area (Å²) in [5, 5.41) is 3.45. The second-order valence-electron chi connectivity index (χ2n) is 5.27. The van der Waals surface area contributed by atoms with Gasteiger partial charge in [0, 0.05) is 6.04 Å². The van der Waals surface area contributed by atoms with E-state index < -0.39 is 9.84 Å². The Kier molecular flexibility index (Phi) is 6.31. The summed E-state index contributed by atoms with van der Waals surface area (Å²) in [6, 6.07) is 0.477. The topological polar surface area (TPSA) is 46.2 Å². The first kappa shape index (κ1) is 15.3. The van der Waals surface area contributed by atoms with Crippen molar-refractivity contribution in [3.8, 4) is 0 Å². The highest BCUT2D eigenvalue weighted by Crippen LogP contribution is 2.28. The van der Waals surface area contributed by atoms with Gasteiger partial charge in [-0.25, -0.2) is 8.42 Å². The molecule has 5 heteroatoms. The molecule has 1 fully saturated rings. The van der Waals surface area contributed by atoms with E-state index in [0.29, 0.717) is 29.4 Å². The third-order valence-corrected chi connectivity index (χ3v) is 5.85. The molecule has 0 aromatic heterocycles. The van der Waals surface area contributed by atoms with Gasteiger partial charge in [0.05, 0.1) is 11.5 Å². The molecule has 2 atom stereocenters. The summed E-state index contributed by atoms with van der Waals surface area (Å²) in [5.74, 6) is 2.82. The molecule has 17 heavy (non-hydrogen) atoms. The van der Waals surface area contributed by atoms with Gasteiger partial charge in [-0.05, 0) is 43.2 Å². The largest absolute Gasteiger partial charge is 0.314 e. The first-order valence-corrected chi connectivity index (χ1v) is 9.59. The molecule has 1 saturated heterocycles. The van der Waals surface area contributed by atoms with Crippen molar-refractivity contribution in [3.63, 3.8) is 0 Å². The predicted octanol–water partition coefficient (Wildman–Crippen LogP) is 1.79. The van der Waals surface area contributed by atoms with Crippen LogP contribution in [0.5, 0.6) is 0 Å². The van der Waals surface area contributed by atoms with Gasteiger partial charge < -0.3 is 5.32 Å². The number of sulfone groups is 1. The van der Waals surface area contributed by atoms with Crippen LogP contribution in [0.15, 0.2) is 0 Å². The molecule has 0 saturated carbocycles. The fraction of sp³-hybridized carbons (Fsp3) is 1.00. The summed E-state index contributed by atoms with van der Waals surface area (Å²) in [5.41, 5.74) is 0. The molecule has 1 aliphatic heterocycles. The van der Waals surface area contributed by atoms with Crippen LogP contribution in [-0.2, 0) is 9.84 Å². The Hall–Kier alpha value is 0.260. The lowest BCUT2D eigenvalue weighted by molar-refractivity contribution is 0.328. The van der Waals surface area contributed by atoms with Crippen molar-refractivity contribution in [3.05, 3.63) is 0 Å². The van der Waals surface area contributed by atoms with E-state index in [1.807, 2.05) is 11.8 Å². The van der Waals surface area contributed by atoms with Crippen LogP contribution < -0.4 is 5.32 Å². The second-order valence-corrected chi connectivity index (χ2v) is 8.48. The van der Waals surface area contributed by atoms with Crippen molar-refractivity contribution in [2.45, 2.75) is 32.7 Å². The van der Waals surface area contributed by atoms with E-state index in [9.17, 15) is 8.42 Å². The summed E-state index contributed by atoms with van der Waals surface area (Å²) in [6.07, 6.45) is 4.10. The summed E-state index contributed by atoms with van der Waals surface area (Å²) in [4.78, 5) is 0. The van der Waals surface area contributed by atoms with Crippen LogP contribution in [0, 0.1) is 11.8 Å². The molecule has 0 aromatic carbocycles. The van der Waals surface area contributed by atoms with Gasteiger partial charge in [0.25, 0.3) is 0 Å². The lowest BCUT2D eigenvalue weighted by Crippen LogP contribution is -2.33. The predicted molar refractivity (Wildman–Crippen MR) is 76.4 cm³/mol. The van der Waals surface area contributed by atoms with Crippen LogP contribution in [0.3, 0.4) is 0 Å². The quantitative estimate of drug-likeness (QED) is 0.772. The SMILES string of the molecule is CSCCC(CNC(C)C)C1CCS(=O)(=O)C1. The summed E-state index contributed by atoms with van der Waals surface area (Å²) in [7, 11) is -2.74. The first-order chi connectivity index (χ1) is 7.94. The minimum Gasteiger partial charge on any atom is -0.314 e. The van der Waals surface area contributed by atoms with E-state index in [4.69, 9.17) is 0 Å². The normalized spacial score (nSPS) is 25.3. The molecule has 0 aromatic rings. The van der Waals surface area contributed by atoms with Gasteiger partial charge in [0.1, 0.15) is 0 Å². The van der Waals surface area contributed by atoms with Crippen LogP contribution in [0.25, 0.3) is 0 Å². The fourth-order valence-corrected chi connectivity index (χ4v) is 4.81. The highest BCUT2D eigenvalue weighted by molar-refractivity contribution is 7.98. The highest BCUT2D eigenvalue weighted by Gasteiger charge is 2.33. The number of nitrogens with one attached hydrogen (secondary N) is 1. The third kappa shape index (κ3) is 5.62. The molecule has 102 valence electrons. The van der Waals surface area contributed by atoms with Crippen LogP contribution in [-0.4, -0.2) is 44.5 Å². The Morgan fingerprint density at radius 3 is 2.59 bits per heavy atom. The molecular formula is C12H25NO2S2. The molecular weight excluding hydrogens is 254 g/mol. The number of hydrogen-bond donors (Lipinski definition) is 1. The van der Waals surface area contributed by atoms with Crippen molar-refractivity contribution in [1.82, 2.24) is 5.32 Å². The molecule has 1 heterocycles. The van der Waals surface area contributed by atoms with E-state index in [0.717, 1.165) is 25.1 Å². The van der Waals surface area contributed by atoms with Crippen molar-refractivity contribution >= 4 is 21.6 Å².